The SMILES string of the molecule is COc1ccccc1-c1ccc(CC(=O)O)c([N+](=O)[O-])c1. The minimum Gasteiger partial charge on any atom is -0.496 e. The Bertz CT molecular complexity index is 696. The third kappa shape index (κ3) is 3.17. The fourth-order valence-electron chi connectivity index (χ4n) is 2.10. The van der Waals surface area contributed by atoms with Crippen LogP contribution in [0, 0.1) is 10.1 Å². The highest BCUT2D eigenvalue weighted by Crippen LogP contribution is 2.33. The van der Waals surface area contributed by atoms with Crippen molar-refractivity contribution in [2.24, 2.45) is 0 Å². The van der Waals surface area contributed by atoms with Gasteiger partial charge in [-0.2, -0.15) is 0 Å². The topological polar surface area (TPSA) is 89.7 Å². The summed E-state index contributed by atoms with van der Waals surface area (Å²) in [6.45, 7) is 0. The third-order valence-electron chi connectivity index (χ3n) is 3.04. The largest absolute Gasteiger partial charge is 0.496 e. The van der Waals surface area contributed by atoms with E-state index in [1.165, 1.54) is 19.2 Å². The van der Waals surface area contributed by atoms with Gasteiger partial charge in [-0.3, -0.25) is 14.9 Å². The Morgan fingerprint density at radius 3 is 2.62 bits per heavy atom. The van der Waals surface area contributed by atoms with Crippen molar-refractivity contribution >= 4 is 11.7 Å². The van der Waals surface area contributed by atoms with Crippen LogP contribution in [0.25, 0.3) is 11.1 Å². The number of rotatable bonds is 5. The van der Waals surface area contributed by atoms with E-state index in [1.807, 2.05) is 0 Å². The Hall–Kier alpha value is -2.89. The van der Waals surface area contributed by atoms with Crippen LogP contribution in [0.2, 0.25) is 0 Å². The lowest BCUT2D eigenvalue weighted by Gasteiger charge is -2.09. The summed E-state index contributed by atoms with van der Waals surface area (Å²) < 4.78 is 5.23. The molecule has 0 heterocycles. The number of aliphatic carboxylic acids is 1. The molecule has 6 nitrogen and oxygen atoms in total. The minimum absolute atomic E-state index is 0.172. The van der Waals surface area contributed by atoms with E-state index in [1.54, 1.807) is 30.3 Å². The molecule has 0 aliphatic rings. The average molecular weight is 287 g/mol. The van der Waals surface area contributed by atoms with Crippen LogP contribution in [0.5, 0.6) is 5.75 Å². The minimum atomic E-state index is -1.11. The summed E-state index contributed by atoms with van der Waals surface area (Å²) in [7, 11) is 1.52. The molecule has 0 bridgehead atoms. The van der Waals surface area contributed by atoms with E-state index >= 15 is 0 Å². The molecule has 0 radical (unpaired) electrons. The zero-order valence-electron chi connectivity index (χ0n) is 11.3. The van der Waals surface area contributed by atoms with Crippen molar-refractivity contribution in [3.8, 4) is 16.9 Å². The molecule has 0 aliphatic carbocycles. The Morgan fingerprint density at radius 1 is 1.29 bits per heavy atom. The summed E-state index contributed by atoms with van der Waals surface area (Å²) in [5.41, 5.74) is 1.28. The Labute approximate surface area is 120 Å². The Kier molecular flexibility index (Phi) is 4.18. The van der Waals surface area contributed by atoms with Gasteiger partial charge in [-0.25, -0.2) is 0 Å². The standard InChI is InChI=1S/C15H13NO5/c1-21-14-5-3-2-4-12(14)10-6-7-11(9-15(17)18)13(8-10)16(19)20/h2-8H,9H2,1H3,(H,17,18). The molecule has 0 unspecified atom stereocenters. The highest BCUT2D eigenvalue weighted by atomic mass is 16.6. The average Bonchev–Trinajstić information content (AvgIpc) is 2.46. The highest BCUT2D eigenvalue weighted by Gasteiger charge is 2.18. The molecule has 2 aromatic rings. The van der Waals surface area contributed by atoms with Gasteiger partial charge in [-0.05, 0) is 11.6 Å². The van der Waals surface area contributed by atoms with E-state index in [2.05, 4.69) is 0 Å². The number of hydrogen-bond acceptors (Lipinski definition) is 4. The van der Waals surface area contributed by atoms with Gasteiger partial charge >= 0.3 is 5.97 Å². The van der Waals surface area contributed by atoms with Gasteiger partial charge in [-0.15, -0.1) is 0 Å². The van der Waals surface area contributed by atoms with Crippen molar-refractivity contribution < 1.29 is 19.6 Å². The number of nitro groups is 1. The molecule has 2 rings (SSSR count). The molecule has 0 fully saturated rings. The second-order valence-corrected chi connectivity index (χ2v) is 4.37. The molecule has 21 heavy (non-hydrogen) atoms. The molecule has 0 aliphatic heterocycles. The van der Waals surface area contributed by atoms with Crippen molar-refractivity contribution in [2.45, 2.75) is 6.42 Å². The molecule has 6 heteroatoms. The molecule has 0 aromatic heterocycles. The maximum atomic E-state index is 11.1. The van der Waals surface area contributed by atoms with E-state index in [0.29, 0.717) is 16.9 Å². The molecular weight excluding hydrogens is 274 g/mol. The number of ether oxygens (including phenoxy) is 1. The number of benzene rings is 2. The number of hydrogen-bond donors (Lipinski definition) is 1. The van der Waals surface area contributed by atoms with Crippen LogP contribution in [-0.2, 0) is 11.2 Å². The van der Waals surface area contributed by atoms with Gasteiger partial charge in [-0.1, -0.05) is 30.3 Å². The van der Waals surface area contributed by atoms with Crippen molar-refractivity contribution in [2.75, 3.05) is 7.11 Å². The van der Waals surface area contributed by atoms with Crippen LogP contribution < -0.4 is 4.74 Å². The first kappa shape index (κ1) is 14.5. The van der Waals surface area contributed by atoms with E-state index in [4.69, 9.17) is 9.84 Å². The lowest BCUT2D eigenvalue weighted by atomic mass is 10.0. The fraction of sp³-hybridized carbons (Fsp3) is 0.133. The number of carboxylic acids is 1. The number of para-hydroxylation sites is 1. The van der Waals surface area contributed by atoms with Crippen molar-refractivity contribution in [3.63, 3.8) is 0 Å². The monoisotopic (exact) mass is 287 g/mol. The van der Waals surface area contributed by atoms with E-state index in [0.717, 1.165) is 0 Å². The van der Waals surface area contributed by atoms with E-state index in [-0.39, 0.29) is 17.7 Å². The van der Waals surface area contributed by atoms with Gasteiger partial charge in [0.25, 0.3) is 5.69 Å². The first-order valence-electron chi connectivity index (χ1n) is 6.15. The van der Waals surface area contributed by atoms with Crippen molar-refractivity contribution in [3.05, 3.63) is 58.1 Å². The zero-order chi connectivity index (χ0) is 15.4. The van der Waals surface area contributed by atoms with Crippen LogP contribution in [0.4, 0.5) is 5.69 Å². The van der Waals surface area contributed by atoms with Gasteiger partial charge in [0.05, 0.1) is 18.5 Å². The molecular formula is C15H13NO5. The molecule has 0 spiro atoms. The second-order valence-electron chi connectivity index (χ2n) is 4.37. The number of nitrogens with zero attached hydrogens (tertiary/aromatic N) is 1. The van der Waals surface area contributed by atoms with Crippen molar-refractivity contribution in [1.82, 2.24) is 0 Å². The van der Waals surface area contributed by atoms with Gasteiger partial charge < -0.3 is 9.84 Å². The summed E-state index contributed by atoms with van der Waals surface area (Å²) in [5, 5.41) is 19.9. The Morgan fingerprint density at radius 2 is 2.00 bits per heavy atom. The van der Waals surface area contributed by atoms with E-state index in [9.17, 15) is 14.9 Å². The maximum absolute atomic E-state index is 11.1. The lowest BCUT2D eigenvalue weighted by Crippen LogP contribution is -2.04. The number of carboxylic acid groups (broad SMARTS) is 1. The zero-order valence-corrected chi connectivity index (χ0v) is 11.3. The van der Waals surface area contributed by atoms with Gasteiger partial charge in [0.15, 0.2) is 0 Å². The first-order chi connectivity index (χ1) is 10.0. The Balaban J connectivity index is 2.54. The molecule has 0 atom stereocenters. The van der Waals surface area contributed by atoms with Crippen LogP contribution in [-0.4, -0.2) is 23.1 Å². The second kappa shape index (κ2) is 6.04. The van der Waals surface area contributed by atoms with Crippen LogP contribution in [0.15, 0.2) is 42.5 Å². The molecule has 108 valence electrons. The van der Waals surface area contributed by atoms with Crippen molar-refractivity contribution in [1.29, 1.82) is 0 Å². The molecule has 0 saturated heterocycles. The van der Waals surface area contributed by atoms with Gasteiger partial charge in [0.1, 0.15) is 5.75 Å². The predicted octanol–water partition coefficient (Wildman–Crippen LogP) is 2.90. The normalized spacial score (nSPS) is 10.1. The molecule has 0 amide bonds. The number of nitro benzene ring substituents is 1. The van der Waals surface area contributed by atoms with E-state index < -0.39 is 10.9 Å². The third-order valence-corrected chi connectivity index (χ3v) is 3.04. The molecule has 0 saturated carbocycles. The van der Waals surface area contributed by atoms with Gasteiger partial charge in [0, 0.05) is 17.2 Å². The summed E-state index contributed by atoms with van der Waals surface area (Å²) in [4.78, 5) is 21.3. The molecule has 1 N–H and O–H groups in total. The highest BCUT2D eigenvalue weighted by molar-refractivity contribution is 5.76. The summed E-state index contributed by atoms with van der Waals surface area (Å²) >= 11 is 0. The fourth-order valence-corrected chi connectivity index (χ4v) is 2.10. The van der Waals surface area contributed by atoms with Crippen LogP contribution in [0.3, 0.4) is 0 Å². The summed E-state index contributed by atoms with van der Waals surface area (Å²) in [6, 6.07) is 11.6. The van der Waals surface area contributed by atoms with Gasteiger partial charge in [0.2, 0.25) is 0 Å². The number of carbonyl (C=O) groups is 1. The van der Waals surface area contributed by atoms with Crippen LogP contribution >= 0.6 is 0 Å². The quantitative estimate of drug-likeness (QED) is 0.674. The molecule has 2 aromatic carbocycles. The summed E-state index contributed by atoms with van der Waals surface area (Å²) in [6.07, 6.45) is -0.386. The lowest BCUT2D eigenvalue weighted by molar-refractivity contribution is -0.385. The summed E-state index contributed by atoms with van der Waals surface area (Å²) in [5.74, 6) is -0.513. The number of methoxy groups -OCH3 is 1. The smallest absolute Gasteiger partial charge is 0.308 e. The maximum Gasteiger partial charge on any atom is 0.308 e. The predicted molar refractivity (Wildman–Crippen MR) is 76.4 cm³/mol. The van der Waals surface area contributed by atoms with Crippen LogP contribution in [0.1, 0.15) is 5.56 Å². The first-order valence-corrected chi connectivity index (χ1v) is 6.15.